The molecule has 0 aromatic heterocycles. The van der Waals surface area contributed by atoms with Crippen LogP contribution < -0.4 is 10.6 Å². The third-order valence-electron chi connectivity index (χ3n) is 3.51. The van der Waals surface area contributed by atoms with Crippen LogP contribution in [0, 0.1) is 17.3 Å². The molecule has 3 nitrogen and oxygen atoms in total. The molecule has 1 aliphatic heterocycles. The number of hydrogen-bond acceptors (Lipinski definition) is 2. The van der Waals surface area contributed by atoms with E-state index in [4.69, 9.17) is 0 Å². The molecule has 0 bridgehead atoms. The fraction of sp³-hybridized carbons (Fsp3) is 0.917. The molecule has 1 rings (SSSR count). The second-order valence-corrected chi connectivity index (χ2v) is 5.84. The highest BCUT2D eigenvalue weighted by Crippen LogP contribution is 2.21. The van der Waals surface area contributed by atoms with Crippen molar-refractivity contribution < 1.29 is 4.79 Å². The van der Waals surface area contributed by atoms with Crippen LogP contribution in [-0.2, 0) is 4.79 Å². The van der Waals surface area contributed by atoms with Gasteiger partial charge in [-0.05, 0) is 24.8 Å². The van der Waals surface area contributed by atoms with Crippen LogP contribution in [0.2, 0.25) is 0 Å². The van der Waals surface area contributed by atoms with E-state index in [0.717, 1.165) is 13.1 Å². The summed E-state index contributed by atoms with van der Waals surface area (Å²) in [5.74, 6) is 0.807. The first kappa shape index (κ1) is 12.5. The highest BCUT2D eigenvalue weighted by Gasteiger charge is 2.31. The molecule has 1 heterocycles. The maximum absolute atomic E-state index is 12.0. The summed E-state index contributed by atoms with van der Waals surface area (Å²) in [6, 6.07) is 0.220. The summed E-state index contributed by atoms with van der Waals surface area (Å²) in [6.45, 7) is 12.4. The fourth-order valence-electron chi connectivity index (χ4n) is 1.70. The lowest BCUT2D eigenvalue weighted by Gasteiger charge is -2.29. The Kier molecular flexibility index (Phi) is 3.77. The van der Waals surface area contributed by atoms with Gasteiger partial charge in [-0.2, -0.15) is 0 Å². The van der Waals surface area contributed by atoms with Crippen LogP contribution in [0.3, 0.4) is 0 Å². The van der Waals surface area contributed by atoms with E-state index in [1.54, 1.807) is 0 Å². The molecular formula is C12H24N2O. The average Bonchev–Trinajstić information content (AvgIpc) is 2.49. The van der Waals surface area contributed by atoms with Crippen LogP contribution in [-0.4, -0.2) is 25.0 Å². The Balaban J connectivity index is 2.48. The molecular weight excluding hydrogens is 188 g/mol. The maximum Gasteiger partial charge on any atom is 0.224 e. The first-order valence-electron chi connectivity index (χ1n) is 5.83. The molecule has 0 spiro atoms. The van der Waals surface area contributed by atoms with Gasteiger partial charge in [0.1, 0.15) is 0 Å². The summed E-state index contributed by atoms with van der Waals surface area (Å²) in [5.41, 5.74) is 0.130. The molecule has 3 atom stereocenters. The van der Waals surface area contributed by atoms with Crippen molar-refractivity contribution in [1.82, 2.24) is 10.6 Å². The fourth-order valence-corrected chi connectivity index (χ4v) is 1.70. The Hall–Kier alpha value is -0.570. The first-order chi connectivity index (χ1) is 6.82. The Morgan fingerprint density at radius 2 is 2.00 bits per heavy atom. The number of carbonyl (C=O) groups is 1. The van der Waals surface area contributed by atoms with Crippen molar-refractivity contribution in [3.8, 4) is 0 Å². The minimum Gasteiger partial charge on any atom is -0.353 e. The molecule has 3 heteroatoms. The van der Waals surface area contributed by atoms with E-state index in [1.165, 1.54) is 0 Å². The van der Waals surface area contributed by atoms with Crippen molar-refractivity contribution in [3.05, 3.63) is 0 Å². The average molecular weight is 212 g/mol. The summed E-state index contributed by atoms with van der Waals surface area (Å²) in [4.78, 5) is 12.0. The zero-order valence-electron chi connectivity index (χ0n) is 10.6. The highest BCUT2D eigenvalue weighted by atomic mass is 16.2. The summed E-state index contributed by atoms with van der Waals surface area (Å²) >= 11 is 0. The molecule has 0 aliphatic carbocycles. The van der Waals surface area contributed by atoms with Gasteiger partial charge in [0, 0.05) is 12.6 Å². The summed E-state index contributed by atoms with van der Waals surface area (Å²) < 4.78 is 0. The van der Waals surface area contributed by atoms with E-state index in [0.29, 0.717) is 5.92 Å². The molecule has 15 heavy (non-hydrogen) atoms. The van der Waals surface area contributed by atoms with Crippen molar-refractivity contribution in [1.29, 1.82) is 0 Å². The lowest BCUT2D eigenvalue weighted by Crippen LogP contribution is -2.45. The number of nitrogens with one attached hydrogen (secondary N) is 2. The zero-order valence-corrected chi connectivity index (χ0v) is 10.6. The Bertz CT molecular complexity index is 232. The summed E-state index contributed by atoms with van der Waals surface area (Å²) in [6.07, 6.45) is 0. The molecule has 1 amide bonds. The molecule has 88 valence electrons. The van der Waals surface area contributed by atoms with Crippen molar-refractivity contribution in [2.45, 2.75) is 40.7 Å². The lowest BCUT2D eigenvalue weighted by atomic mass is 9.87. The number of hydrogen-bond donors (Lipinski definition) is 2. The van der Waals surface area contributed by atoms with Gasteiger partial charge in [0.05, 0.1) is 5.92 Å². The van der Waals surface area contributed by atoms with Gasteiger partial charge in [-0.3, -0.25) is 4.79 Å². The largest absolute Gasteiger partial charge is 0.353 e. The highest BCUT2D eigenvalue weighted by molar-refractivity contribution is 5.79. The standard InChI is InChI=1S/C12H24N2O/c1-8-6-13-7-10(8)11(15)14-9(2)12(3,4)5/h8-10,13H,6-7H2,1-5H3,(H,14,15)/t8-,9?,10-/m1/s1. The number of amides is 1. The van der Waals surface area contributed by atoms with Crippen molar-refractivity contribution >= 4 is 5.91 Å². The molecule has 0 aromatic rings. The smallest absolute Gasteiger partial charge is 0.224 e. The normalized spacial score (nSPS) is 28.9. The van der Waals surface area contributed by atoms with Crippen molar-refractivity contribution in [2.24, 2.45) is 17.3 Å². The Morgan fingerprint density at radius 3 is 2.40 bits per heavy atom. The van der Waals surface area contributed by atoms with Gasteiger partial charge in [0.25, 0.3) is 0 Å². The van der Waals surface area contributed by atoms with Gasteiger partial charge in [-0.1, -0.05) is 27.7 Å². The molecule has 0 aromatic carbocycles. The zero-order chi connectivity index (χ0) is 11.6. The number of carbonyl (C=O) groups excluding carboxylic acids is 1. The van der Waals surface area contributed by atoms with Crippen molar-refractivity contribution in [2.75, 3.05) is 13.1 Å². The molecule has 2 N–H and O–H groups in total. The molecule has 1 unspecified atom stereocenters. The van der Waals surface area contributed by atoms with Gasteiger partial charge in [-0.25, -0.2) is 0 Å². The second-order valence-electron chi connectivity index (χ2n) is 5.84. The lowest BCUT2D eigenvalue weighted by molar-refractivity contribution is -0.126. The van der Waals surface area contributed by atoms with E-state index in [1.807, 2.05) is 0 Å². The quantitative estimate of drug-likeness (QED) is 0.726. The number of rotatable bonds is 2. The topological polar surface area (TPSA) is 41.1 Å². The SMILES string of the molecule is CC(NC(=O)[C@@H]1CNC[C@H]1C)C(C)(C)C. The minimum atomic E-state index is 0.130. The molecule has 0 radical (unpaired) electrons. The van der Waals surface area contributed by atoms with E-state index >= 15 is 0 Å². The van der Waals surface area contributed by atoms with Crippen LogP contribution in [0.1, 0.15) is 34.6 Å². The third kappa shape index (κ3) is 3.20. The monoisotopic (exact) mass is 212 g/mol. The van der Waals surface area contributed by atoms with Gasteiger partial charge in [-0.15, -0.1) is 0 Å². The second kappa shape index (κ2) is 4.52. The summed E-state index contributed by atoms with van der Waals surface area (Å²) in [7, 11) is 0. The van der Waals surface area contributed by atoms with Crippen LogP contribution in [0.15, 0.2) is 0 Å². The van der Waals surface area contributed by atoms with Crippen LogP contribution in [0.4, 0.5) is 0 Å². The van der Waals surface area contributed by atoms with Crippen molar-refractivity contribution in [3.63, 3.8) is 0 Å². The Labute approximate surface area is 93.0 Å². The first-order valence-corrected chi connectivity index (χ1v) is 5.83. The van der Waals surface area contributed by atoms with Crippen LogP contribution in [0.5, 0.6) is 0 Å². The van der Waals surface area contributed by atoms with E-state index in [-0.39, 0.29) is 23.3 Å². The maximum atomic E-state index is 12.0. The van der Waals surface area contributed by atoms with Gasteiger partial charge in [0.15, 0.2) is 0 Å². The predicted molar refractivity (Wildman–Crippen MR) is 62.6 cm³/mol. The van der Waals surface area contributed by atoms with E-state index in [9.17, 15) is 4.79 Å². The molecule has 1 fully saturated rings. The van der Waals surface area contributed by atoms with E-state index in [2.05, 4.69) is 45.3 Å². The van der Waals surface area contributed by atoms with Crippen LogP contribution >= 0.6 is 0 Å². The molecule has 1 aliphatic rings. The van der Waals surface area contributed by atoms with Gasteiger partial charge in [0.2, 0.25) is 5.91 Å². The third-order valence-corrected chi connectivity index (χ3v) is 3.51. The van der Waals surface area contributed by atoms with Gasteiger partial charge < -0.3 is 10.6 Å². The van der Waals surface area contributed by atoms with Gasteiger partial charge >= 0.3 is 0 Å². The minimum absolute atomic E-state index is 0.130. The van der Waals surface area contributed by atoms with E-state index < -0.39 is 0 Å². The molecule has 1 saturated heterocycles. The Morgan fingerprint density at radius 1 is 1.40 bits per heavy atom. The molecule has 0 saturated carbocycles. The van der Waals surface area contributed by atoms with Crippen LogP contribution in [0.25, 0.3) is 0 Å². The predicted octanol–water partition coefficient (Wildman–Crippen LogP) is 1.39. The summed E-state index contributed by atoms with van der Waals surface area (Å²) in [5, 5.41) is 6.37.